The minimum absolute atomic E-state index is 0.479. The zero-order valence-corrected chi connectivity index (χ0v) is 13.5. The molecule has 1 N–H and O–H groups in total. The van der Waals surface area contributed by atoms with Crippen LogP contribution in [-0.2, 0) is 0 Å². The number of halogens is 2. The standard InChI is InChI=1S/C14H12BrIO2/c1-9(17)10-5-6-14(13(15)7-10)18-12-4-2-3-11(16)8-12/h2-9,17H,1H3/t9-/m1/s1. The van der Waals surface area contributed by atoms with Crippen molar-refractivity contribution in [3.8, 4) is 11.5 Å². The lowest BCUT2D eigenvalue weighted by atomic mass is 10.1. The molecule has 0 fully saturated rings. The number of benzene rings is 2. The molecule has 1 atom stereocenters. The molecule has 0 saturated carbocycles. The van der Waals surface area contributed by atoms with Crippen molar-refractivity contribution in [2.75, 3.05) is 0 Å². The fourth-order valence-electron chi connectivity index (χ4n) is 1.52. The summed E-state index contributed by atoms with van der Waals surface area (Å²) in [5, 5.41) is 9.50. The van der Waals surface area contributed by atoms with Crippen LogP contribution in [0.1, 0.15) is 18.6 Å². The van der Waals surface area contributed by atoms with E-state index in [-0.39, 0.29) is 0 Å². The summed E-state index contributed by atoms with van der Waals surface area (Å²) in [6.07, 6.45) is -0.479. The summed E-state index contributed by atoms with van der Waals surface area (Å²) in [5.41, 5.74) is 0.858. The van der Waals surface area contributed by atoms with Crippen molar-refractivity contribution in [2.45, 2.75) is 13.0 Å². The van der Waals surface area contributed by atoms with Crippen LogP contribution in [-0.4, -0.2) is 5.11 Å². The average molecular weight is 419 g/mol. The highest BCUT2D eigenvalue weighted by Crippen LogP contribution is 2.32. The van der Waals surface area contributed by atoms with Gasteiger partial charge in [-0.3, -0.25) is 0 Å². The Morgan fingerprint density at radius 2 is 2.00 bits per heavy atom. The molecule has 0 aliphatic rings. The van der Waals surface area contributed by atoms with Crippen molar-refractivity contribution in [1.82, 2.24) is 0 Å². The van der Waals surface area contributed by atoms with E-state index < -0.39 is 6.10 Å². The number of hydrogen-bond donors (Lipinski definition) is 1. The summed E-state index contributed by atoms with van der Waals surface area (Å²) in [7, 11) is 0. The zero-order chi connectivity index (χ0) is 13.1. The number of aliphatic hydroxyl groups is 1. The highest BCUT2D eigenvalue weighted by atomic mass is 127. The number of rotatable bonds is 3. The van der Waals surface area contributed by atoms with E-state index in [0.29, 0.717) is 0 Å². The predicted molar refractivity (Wildman–Crippen MR) is 84.0 cm³/mol. The normalized spacial score (nSPS) is 12.2. The van der Waals surface area contributed by atoms with E-state index in [2.05, 4.69) is 38.5 Å². The van der Waals surface area contributed by atoms with E-state index in [4.69, 9.17) is 4.74 Å². The van der Waals surface area contributed by atoms with Crippen molar-refractivity contribution in [1.29, 1.82) is 0 Å². The van der Waals surface area contributed by atoms with Crippen LogP contribution in [0.5, 0.6) is 11.5 Å². The third-order valence-electron chi connectivity index (χ3n) is 2.46. The van der Waals surface area contributed by atoms with Crippen LogP contribution in [0.15, 0.2) is 46.9 Å². The van der Waals surface area contributed by atoms with Gasteiger partial charge in [0.25, 0.3) is 0 Å². The van der Waals surface area contributed by atoms with Gasteiger partial charge < -0.3 is 9.84 Å². The highest BCUT2D eigenvalue weighted by molar-refractivity contribution is 14.1. The molecule has 4 heteroatoms. The largest absolute Gasteiger partial charge is 0.456 e. The molecular formula is C14H12BrIO2. The maximum atomic E-state index is 9.50. The van der Waals surface area contributed by atoms with Gasteiger partial charge in [0, 0.05) is 3.57 Å². The summed E-state index contributed by atoms with van der Waals surface area (Å²) in [6, 6.07) is 13.4. The Bertz CT molecular complexity index is 555. The molecule has 2 rings (SSSR count). The maximum Gasteiger partial charge on any atom is 0.141 e. The van der Waals surface area contributed by atoms with E-state index in [1.807, 2.05) is 42.5 Å². The molecule has 2 aromatic rings. The monoisotopic (exact) mass is 418 g/mol. The smallest absolute Gasteiger partial charge is 0.141 e. The lowest BCUT2D eigenvalue weighted by Gasteiger charge is -2.11. The number of aliphatic hydroxyl groups excluding tert-OH is 1. The van der Waals surface area contributed by atoms with Crippen LogP contribution < -0.4 is 4.74 Å². The van der Waals surface area contributed by atoms with Gasteiger partial charge in [0.2, 0.25) is 0 Å². The predicted octanol–water partition coefficient (Wildman–Crippen LogP) is 4.90. The van der Waals surface area contributed by atoms with E-state index in [1.54, 1.807) is 6.92 Å². The van der Waals surface area contributed by atoms with Crippen LogP contribution >= 0.6 is 38.5 Å². The summed E-state index contributed by atoms with van der Waals surface area (Å²) < 4.78 is 7.75. The Kier molecular flexibility index (Phi) is 4.64. The topological polar surface area (TPSA) is 29.5 Å². The zero-order valence-electron chi connectivity index (χ0n) is 9.73. The first-order chi connectivity index (χ1) is 8.56. The Balaban J connectivity index is 2.24. The molecule has 0 unspecified atom stereocenters. The van der Waals surface area contributed by atoms with E-state index in [1.165, 1.54) is 0 Å². The molecule has 0 radical (unpaired) electrons. The third kappa shape index (κ3) is 3.46. The Labute approximate surface area is 128 Å². The lowest BCUT2D eigenvalue weighted by Crippen LogP contribution is -1.92. The second-order valence-electron chi connectivity index (χ2n) is 3.93. The Morgan fingerprint density at radius 3 is 2.61 bits per heavy atom. The first kappa shape index (κ1) is 13.8. The van der Waals surface area contributed by atoms with Crippen molar-refractivity contribution < 1.29 is 9.84 Å². The van der Waals surface area contributed by atoms with E-state index in [9.17, 15) is 5.11 Å². The molecule has 0 aromatic heterocycles. The summed E-state index contributed by atoms with van der Waals surface area (Å²) in [6.45, 7) is 1.74. The second kappa shape index (κ2) is 6.04. The summed E-state index contributed by atoms with van der Waals surface area (Å²) in [4.78, 5) is 0. The fraction of sp³-hybridized carbons (Fsp3) is 0.143. The number of hydrogen-bond acceptors (Lipinski definition) is 2. The molecule has 0 heterocycles. The van der Waals surface area contributed by atoms with Crippen LogP contribution in [0.25, 0.3) is 0 Å². The van der Waals surface area contributed by atoms with Gasteiger partial charge in [-0.05, 0) is 81.3 Å². The molecule has 2 nitrogen and oxygen atoms in total. The number of ether oxygens (including phenoxy) is 1. The Hall–Kier alpha value is -0.590. The minimum atomic E-state index is -0.479. The van der Waals surface area contributed by atoms with Gasteiger partial charge in [0.15, 0.2) is 0 Å². The summed E-state index contributed by atoms with van der Waals surface area (Å²) >= 11 is 5.70. The SMILES string of the molecule is C[C@@H](O)c1ccc(Oc2cccc(I)c2)c(Br)c1. The minimum Gasteiger partial charge on any atom is -0.456 e. The molecule has 2 aromatic carbocycles. The molecule has 0 bridgehead atoms. The van der Waals surface area contributed by atoms with Crippen LogP contribution in [0.2, 0.25) is 0 Å². The molecule has 94 valence electrons. The van der Waals surface area contributed by atoms with E-state index in [0.717, 1.165) is 25.1 Å². The first-order valence-electron chi connectivity index (χ1n) is 5.47. The van der Waals surface area contributed by atoms with Crippen molar-refractivity contribution in [3.63, 3.8) is 0 Å². The van der Waals surface area contributed by atoms with Gasteiger partial charge in [-0.25, -0.2) is 0 Å². The first-order valence-corrected chi connectivity index (χ1v) is 7.34. The molecule has 0 aliphatic carbocycles. The fourth-order valence-corrected chi connectivity index (χ4v) is 2.51. The van der Waals surface area contributed by atoms with Gasteiger partial charge >= 0.3 is 0 Å². The van der Waals surface area contributed by atoms with Crippen LogP contribution in [0.3, 0.4) is 0 Å². The van der Waals surface area contributed by atoms with Crippen molar-refractivity contribution in [2.24, 2.45) is 0 Å². The molecule has 0 amide bonds. The molecule has 18 heavy (non-hydrogen) atoms. The summed E-state index contributed by atoms with van der Waals surface area (Å²) in [5.74, 6) is 1.54. The lowest BCUT2D eigenvalue weighted by molar-refractivity contribution is 0.199. The van der Waals surface area contributed by atoms with Gasteiger partial charge in [-0.15, -0.1) is 0 Å². The third-order valence-corrected chi connectivity index (χ3v) is 3.75. The highest BCUT2D eigenvalue weighted by Gasteiger charge is 2.07. The van der Waals surface area contributed by atoms with Crippen LogP contribution in [0, 0.1) is 3.57 Å². The molecule has 0 spiro atoms. The molecule has 0 aliphatic heterocycles. The average Bonchev–Trinajstić information content (AvgIpc) is 2.31. The molecule has 0 saturated heterocycles. The van der Waals surface area contributed by atoms with Crippen LogP contribution in [0.4, 0.5) is 0 Å². The van der Waals surface area contributed by atoms with Crippen molar-refractivity contribution >= 4 is 38.5 Å². The maximum absolute atomic E-state index is 9.50. The molecular weight excluding hydrogens is 407 g/mol. The second-order valence-corrected chi connectivity index (χ2v) is 6.03. The van der Waals surface area contributed by atoms with E-state index >= 15 is 0 Å². The quantitative estimate of drug-likeness (QED) is 0.718. The van der Waals surface area contributed by atoms with Gasteiger partial charge in [-0.1, -0.05) is 12.1 Å². The van der Waals surface area contributed by atoms with Gasteiger partial charge in [0.05, 0.1) is 10.6 Å². The van der Waals surface area contributed by atoms with Gasteiger partial charge in [-0.2, -0.15) is 0 Å². The Morgan fingerprint density at radius 1 is 1.22 bits per heavy atom. The van der Waals surface area contributed by atoms with Crippen molar-refractivity contribution in [3.05, 3.63) is 56.1 Å². The van der Waals surface area contributed by atoms with Gasteiger partial charge in [0.1, 0.15) is 11.5 Å².